The normalized spacial score (nSPS) is 14.0. The summed E-state index contributed by atoms with van der Waals surface area (Å²) in [7, 11) is 0. The van der Waals surface area contributed by atoms with Crippen molar-refractivity contribution < 1.29 is 5.32 Å². The molecular formula is C70H44N3+. The number of aromatic nitrogens is 1. The maximum absolute atomic E-state index is 5.05. The first-order valence-corrected chi connectivity index (χ1v) is 25.8. The molecule has 1 aliphatic carbocycles. The lowest BCUT2D eigenvalue weighted by atomic mass is 9.83. The number of benzene rings is 11. The number of quaternary nitrogens is 1. The number of hydrogen-bond donors (Lipinski definition) is 2. The van der Waals surface area contributed by atoms with Crippen LogP contribution < -0.4 is 10.6 Å². The zero-order chi connectivity index (χ0) is 47.5. The van der Waals surface area contributed by atoms with Crippen molar-refractivity contribution in [2.45, 2.75) is 6.42 Å². The number of nitrogens with zero attached hydrogens (tertiary/aromatic N) is 1. The van der Waals surface area contributed by atoms with Crippen molar-refractivity contribution in [3.8, 4) is 44.5 Å². The Morgan fingerprint density at radius 1 is 0.384 bits per heavy atom. The fourth-order valence-corrected chi connectivity index (χ4v) is 14.0. The molecule has 0 radical (unpaired) electrons. The fourth-order valence-electron chi connectivity index (χ4n) is 14.0. The van der Waals surface area contributed by atoms with Crippen molar-refractivity contribution >= 4 is 127 Å². The van der Waals surface area contributed by atoms with Gasteiger partial charge in [0.1, 0.15) is 5.69 Å². The van der Waals surface area contributed by atoms with Gasteiger partial charge in [-0.2, -0.15) is 0 Å². The molecule has 1 aromatic heterocycles. The Morgan fingerprint density at radius 2 is 0.959 bits per heavy atom. The molecule has 0 spiro atoms. The number of nitrogens with one attached hydrogen (secondary N) is 1. The lowest BCUT2D eigenvalue weighted by molar-refractivity contribution is -0.561. The second kappa shape index (κ2) is 14.7. The van der Waals surface area contributed by atoms with Crippen molar-refractivity contribution in [2.24, 2.45) is 0 Å². The highest BCUT2D eigenvalue weighted by Gasteiger charge is 2.30. The van der Waals surface area contributed by atoms with E-state index >= 15 is 0 Å². The van der Waals surface area contributed by atoms with E-state index < -0.39 is 0 Å². The molecule has 14 aromatic rings. The third-order valence-corrected chi connectivity index (χ3v) is 16.9. The van der Waals surface area contributed by atoms with Gasteiger partial charge in [-0.05, 0) is 174 Å². The molecule has 17 rings (SSSR count). The monoisotopic (exact) mass is 926 g/mol. The molecule has 0 saturated carbocycles. The Kier molecular flexibility index (Phi) is 7.97. The van der Waals surface area contributed by atoms with Gasteiger partial charge in [0.15, 0.2) is 0 Å². The van der Waals surface area contributed by atoms with Crippen molar-refractivity contribution in [1.82, 2.24) is 4.98 Å². The van der Waals surface area contributed by atoms with Crippen LogP contribution in [0, 0.1) is 0 Å². The van der Waals surface area contributed by atoms with Crippen LogP contribution in [0.2, 0.25) is 0 Å². The highest BCUT2D eigenvalue weighted by molar-refractivity contribution is 6.46. The number of pyridine rings is 1. The van der Waals surface area contributed by atoms with Gasteiger partial charge in [-0.15, -0.1) is 0 Å². The van der Waals surface area contributed by atoms with Crippen LogP contribution in [-0.4, -0.2) is 18.1 Å². The van der Waals surface area contributed by atoms with Crippen molar-refractivity contribution in [1.29, 1.82) is 0 Å². The molecule has 0 fully saturated rings. The number of fused-ring (bicyclic) bond motifs is 14. The second-order valence-electron chi connectivity index (χ2n) is 20.4. The van der Waals surface area contributed by atoms with Gasteiger partial charge >= 0.3 is 0 Å². The van der Waals surface area contributed by atoms with Gasteiger partial charge in [0, 0.05) is 51.6 Å². The molecular weight excluding hydrogens is 883 g/mol. The maximum Gasteiger partial charge on any atom is 0.145 e. The van der Waals surface area contributed by atoms with E-state index in [1.165, 1.54) is 159 Å². The SMILES string of the molecule is C1=Cc2cccc(-c3c4ccccc4c(-c4cccc5c4CC=C5)c4c5cc6c(cc7c8c(-c9cccc%10cccnc9%10)ccc(-c9cccc%10c9[NH2+]CC=C%10)c8c8cccc6c87)c6cccc(c34)c65)c2NC1. The molecule has 3 nitrogen and oxygen atoms in total. The Bertz CT molecular complexity index is 4870. The average molecular weight is 927 g/mol. The standard InChI is InChI=1S/C70H43N3/c1-2-22-46-45(21-1)62(44-24-4-14-39-13-3-23-43(39)44)67-59-38-57-47-25-8-29-53-60(47)58(37-56(57)48-26-9-30-54(61(48)59)66(67)64(46)55-31-7-17-42-20-12-36-73-70(42)55)65-50(52-28-6-16-41-19-11-35-72-69(41)52)33-32-49(63(53)65)51-27-5-15-40-18-10-34-71-68(40)51/h1-22,24-33,35,37-38,71,73H,23,34,36H2/p+1. The summed E-state index contributed by atoms with van der Waals surface area (Å²) in [6, 6.07) is 64.9. The minimum absolute atomic E-state index is 0.802. The largest absolute Gasteiger partial charge is 0.381 e. The third kappa shape index (κ3) is 5.28. The van der Waals surface area contributed by atoms with E-state index in [1.54, 1.807) is 0 Å². The van der Waals surface area contributed by atoms with E-state index in [1.807, 2.05) is 12.3 Å². The van der Waals surface area contributed by atoms with Crippen LogP contribution in [0.4, 0.5) is 11.4 Å². The molecule has 0 unspecified atom stereocenters. The van der Waals surface area contributed by atoms with Crippen LogP contribution in [0.1, 0.15) is 22.3 Å². The molecule has 13 aromatic carbocycles. The summed E-state index contributed by atoms with van der Waals surface area (Å²) in [5, 5.41) is 28.2. The lowest BCUT2D eigenvalue weighted by Crippen LogP contribution is -2.78. The highest BCUT2D eigenvalue weighted by Crippen LogP contribution is 2.56. The summed E-state index contributed by atoms with van der Waals surface area (Å²) < 4.78 is 0. The van der Waals surface area contributed by atoms with Gasteiger partial charge in [0.25, 0.3) is 0 Å². The molecule has 3 heteroatoms. The van der Waals surface area contributed by atoms with E-state index in [-0.39, 0.29) is 0 Å². The molecule has 3 N–H and O–H groups in total. The van der Waals surface area contributed by atoms with E-state index in [2.05, 4.69) is 211 Å². The molecule has 2 aliphatic heterocycles. The van der Waals surface area contributed by atoms with E-state index in [0.717, 1.165) is 36.0 Å². The summed E-state index contributed by atoms with van der Waals surface area (Å²) in [5.74, 6) is 0. The molecule has 3 heterocycles. The average Bonchev–Trinajstić information content (AvgIpc) is 4.17. The van der Waals surface area contributed by atoms with Gasteiger partial charge in [0.2, 0.25) is 0 Å². The van der Waals surface area contributed by atoms with Gasteiger partial charge in [-0.25, -0.2) is 0 Å². The van der Waals surface area contributed by atoms with Crippen LogP contribution in [0.25, 0.3) is 160 Å². The molecule has 0 amide bonds. The summed E-state index contributed by atoms with van der Waals surface area (Å²) in [4.78, 5) is 5.05. The van der Waals surface area contributed by atoms with Crippen LogP contribution in [0.15, 0.2) is 194 Å². The second-order valence-corrected chi connectivity index (χ2v) is 20.4. The predicted molar refractivity (Wildman–Crippen MR) is 312 cm³/mol. The summed E-state index contributed by atoms with van der Waals surface area (Å²) in [6.07, 6.45) is 16.6. The first kappa shape index (κ1) is 39.6. The van der Waals surface area contributed by atoms with Crippen LogP contribution in [0.3, 0.4) is 0 Å². The van der Waals surface area contributed by atoms with Crippen molar-refractivity contribution in [3.05, 3.63) is 217 Å². The number of allylic oxidation sites excluding steroid dienone is 1. The molecule has 73 heavy (non-hydrogen) atoms. The smallest absolute Gasteiger partial charge is 0.145 e. The van der Waals surface area contributed by atoms with Gasteiger partial charge in [-0.3, -0.25) is 4.98 Å². The summed E-state index contributed by atoms with van der Waals surface area (Å²) in [6.45, 7) is 1.73. The van der Waals surface area contributed by atoms with Crippen molar-refractivity contribution in [2.75, 3.05) is 18.4 Å². The fraction of sp³-hybridized carbons (Fsp3) is 0.0429. The minimum atomic E-state index is 0.802. The Labute approximate surface area is 420 Å². The number of hydrogen-bond acceptors (Lipinski definition) is 2. The zero-order valence-electron chi connectivity index (χ0n) is 39.9. The lowest BCUT2D eigenvalue weighted by Gasteiger charge is -2.22. The number of nitrogens with two attached hydrogens (primary N) is 1. The van der Waals surface area contributed by atoms with E-state index in [4.69, 9.17) is 4.98 Å². The van der Waals surface area contributed by atoms with Gasteiger partial charge < -0.3 is 10.6 Å². The van der Waals surface area contributed by atoms with Crippen LogP contribution >= 0.6 is 0 Å². The van der Waals surface area contributed by atoms with E-state index in [9.17, 15) is 0 Å². The first-order valence-electron chi connectivity index (χ1n) is 25.8. The quantitative estimate of drug-likeness (QED) is 0.136. The molecule has 3 aliphatic rings. The third-order valence-electron chi connectivity index (χ3n) is 16.9. The Hall–Kier alpha value is -9.15. The molecule has 0 saturated heterocycles. The Morgan fingerprint density at radius 3 is 1.78 bits per heavy atom. The summed E-state index contributed by atoms with van der Waals surface area (Å²) >= 11 is 0. The van der Waals surface area contributed by atoms with Crippen LogP contribution in [0.5, 0.6) is 0 Å². The molecule has 338 valence electrons. The predicted octanol–water partition coefficient (Wildman–Crippen LogP) is 17.2. The minimum Gasteiger partial charge on any atom is -0.381 e. The summed E-state index contributed by atoms with van der Waals surface area (Å²) in [5.41, 5.74) is 18.9. The van der Waals surface area contributed by atoms with Crippen LogP contribution in [-0.2, 0) is 6.42 Å². The first-order chi connectivity index (χ1) is 36.3. The van der Waals surface area contributed by atoms with Gasteiger partial charge in [-0.1, -0.05) is 164 Å². The Balaban J connectivity index is 1.07. The molecule has 0 bridgehead atoms. The maximum atomic E-state index is 5.05. The number of anilines is 1. The zero-order valence-corrected chi connectivity index (χ0v) is 39.9. The van der Waals surface area contributed by atoms with E-state index in [0.29, 0.717) is 0 Å². The highest BCUT2D eigenvalue weighted by atomic mass is 14.9. The molecule has 0 atom stereocenters. The van der Waals surface area contributed by atoms with Crippen molar-refractivity contribution in [3.63, 3.8) is 0 Å². The topological polar surface area (TPSA) is 41.5 Å². The number of rotatable bonds is 4. The van der Waals surface area contributed by atoms with Gasteiger partial charge in [0.05, 0.1) is 12.1 Å². The number of para-hydroxylation sites is 3.